The fourth-order valence-electron chi connectivity index (χ4n) is 2.86. The van der Waals surface area contributed by atoms with Crippen molar-refractivity contribution in [3.63, 3.8) is 0 Å². The molecular formula is C19H25N3O4. The van der Waals surface area contributed by atoms with Gasteiger partial charge in [-0.1, -0.05) is 11.2 Å². The number of hydrogen-bond acceptors (Lipinski definition) is 7. The molecule has 0 radical (unpaired) electrons. The third kappa shape index (κ3) is 4.23. The first kappa shape index (κ1) is 18.4. The van der Waals surface area contributed by atoms with Crippen LogP contribution in [0.3, 0.4) is 0 Å². The number of rotatable bonds is 6. The van der Waals surface area contributed by atoms with Gasteiger partial charge in [-0.25, -0.2) is 0 Å². The topological polar surface area (TPSA) is 69.9 Å². The lowest BCUT2D eigenvalue weighted by molar-refractivity contribution is -0.0450. The first-order chi connectivity index (χ1) is 12.6. The van der Waals surface area contributed by atoms with Crippen LogP contribution >= 0.6 is 0 Å². The Bertz CT molecular complexity index is 757. The van der Waals surface area contributed by atoms with Crippen LogP contribution in [-0.4, -0.2) is 55.0 Å². The van der Waals surface area contributed by atoms with E-state index in [-0.39, 0.29) is 6.10 Å². The highest BCUT2D eigenvalue weighted by molar-refractivity contribution is 5.67. The number of nitrogens with zero attached hydrogens (tertiary/aromatic N) is 3. The third-order valence-electron chi connectivity index (χ3n) is 4.40. The predicted molar refractivity (Wildman–Crippen MR) is 98.2 cm³/mol. The van der Waals surface area contributed by atoms with Crippen molar-refractivity contribution in [3.05, 3.63) is 35.5 Å². The van der Waals surface area contributed by atoms with Crippen molar-refractivity contribution in [1.82, 2.24) is 15.0 Å². The van der Waals surface area contributed by atoms with Gasteiger partial charge in [0.1, 0.15) is 6.10 Å². The van der Waals surface area contributed by atoms with Gasteiger partial charge in [0.15, 0.2) is 11.5 Å². The van der Waals surface area contributed by atoms with Gasteiger partial charge in [0, 0.05) is 25.2 Å². The van der Waals surface area contributed by atoms with E-state index in [9.17, 15) is 0 Å². The van der Waals surface area contributed by atoms with Gasteiger partial charge in [0.25, 0.3) is 5.89 Å². The van der Waals surface area contributed by atoms with Gasteiger partial charge in [0.05, 0.1) is 20.8 Å². The molecule has 0 saturated carbocycles. The number of hydrogen-bond donors (Lipinski definition) is 0. The minimum Gasteiger partial charge on any atom is -0.493 e. The maximum absolute atomic E-state index is 5.80. The van der Waals surface area contributed by atoms with E-state index in [0.29, 0.717) is 35.9 Å². The van der Waals surface area contributed by atoms with Crippen LogP contribution in [0.4, 0.5) is 0 Å². The lowest BCUT2D eigenvalue weighted by Gasteiger charge is -2.34. The second-order valence-corrected chi connectivity index (χ2v) is 6.39. The van der Waals surface area contributed by atoms with Crippen LogP contribution in [0.15, 0.2) is 22.7 Å². The molecule has 1 fully saturated rings. The molecule has 1 saturated heterocycles. The molecule has 1 aromatic carbocycles. The summed E-state index contributed by atoms with van der Waals surface area (Å²) in [6, 6.07) is 6.14. The van der Waals surface area contributed by atoms with Gasteiger partial charge >= 0.3 is 0 Å². The molecule has 1 aliphatic heterocycles. The first-order valence-electron chi connectivity index (χ1n) is 8.70. The zero-order valence-electron chi connectivity index (χ0n) is 15.6. The van der Waals surface area contributed by atoms with Gasteiger partial charge in [0.2, 0.25) is 5.82 Å². The highest BCUT2D eigenvalue weighted by atomic mass is 16.5. The van der Waals surface area contributed by atoms with E-state index < -0.39 is 0 Å². The molecule has 1 aromatic heterocycles. The molecular weight excluding hydrogens is 334 g/mol. The Kier molecular flexibility index (Phi) is 5.90. The number of ether oxygens (including phenoxy) is 3. The van der Waals surface area contributed by atoms with Crippen LogP contribution in [0.1, 0.15) is 37.2 Å². The summed E-state index contributed by atoms with van der Waals surface area (Å²) in [6.07, 6.45) is 3.51. The van der Waals surface area contributed by atoms with Gasteiger partial charge in [-0.05, 0) is 37.6 Å². The van der Waals surface area contributed by atoms with Crippen molar-refractivity contribution in [2.75, 3.05) is 33.9 Å². The fourth-order valence-corrected chi connectivity index (χ4v) is 2.86. The lowest BCUT2D eigenvalue weighted by atomic mass is 10.2. The first-order valence-corrected chi connectivity index (χ1v) is 8.70. The largest absolute Gasteiger partial charge is 0.493 e. The molecule has 2 heterocycles. The minimum absolute atomic E-state index is 0.155. The number of aromatic nitrogens is 2. The lowest BCUT2D eigenvalue weighted by Crippen LogP contribution is -2.42. The summed E-state index contributed by atoms with van der Waals surface area (Å²) in [5.74, 6) is 2.39. The molecule has 7 heteroatoms. The average Bonchev–Trinajstić information content (AvgIpc) is 3.15. The van der Waals surface area contributed by atoms with E-state index in [4.69, 9.17) is 18.7 Å². The van der Waals surface area contributed by atoms with Gasteiger partial charge < -0.3 is 18.7 Å². The van der Waals surface area contributed by atoms with Crippen molar-refractivity contribution in [2.45, 2.75) is 26.0 Å². The van der Waals surface area contributed by atoms with Crippen molar-refractivity contribution >= 4 is 12.2 Å². The second kappa shape index (κ2) is 8.33. The number of benzene rings is 1. The Hall–Kier alpha value is -2.38. The normalized spacial score (nSPS) is 18.6. The summed E-state index contributed by atoms with van der Waals surface area (Å²) in [4.78, 5) is 6.80. The Morgan fingerprint density at radius 3 is 2.73 bits per heavy atom. The molecule has 1 unspecified atom stereocenters. The van der Waals surface area contributed by atoms with Crippen molar-refractivity contribution < 1.29 is 18.7 Å². The second-order valence-electron chi connectivity index (χ2n) is 6.39. The monoisotopic (exact) mass is 359 g/mol. The average molecular weight is 359 g/mol. The summed E-state index contributed by atoms with van der Waals surface area (Å²) in [5, 5.41) is 4.07. The molecule has 7 nitrogen and oxygen atoms in total. The summed E-state index contributed by atoms with van der Waals surface area (Å²) >= 11 is 0. The molecule has 1 aliphatic rings. The van der Waals surface area contributed by atoms with Gasteiger partial charge in [-0.3, -0.25) is 4.90 Å². The van der Waals surface area contributed by atoms with E-state index in [1.54, 1.807) is 20.3 Å². The highest BCUT2D eigenvalue weighted by Gasteiger charge is 2.27. The standard InChI is InChI=1S/C19H25N3O4/c1-13(2)22-9-10-25-17(12-22)19-20-18(26-21-19)8-6-14-5-7-15(23-3)16(11-14)24-4/h5-8,11,13,17H,9-10,12H2,1-4H3/b8-6+. The summed E-state index contributed by atoms with van der Waals surface area (Å²) in [6.45, 7) is 6.73. The SMILES string of the molecule is COc1ccc(/C=C/c2nc(C3CN(C(C)C)CCO3)no2)cc1OC. The summed E-state index contributed by atoms with van der Waals surface area (Å²) in [7, 11) is 3.22. The Labute approximate surface area is 153 Å². The molecule has 140 valence electrons. The maximum atomic E-state index is 5.80. The zero-order chi connectivity index (χ0) is 18.5. The summed E-state index contributed by atoms with van der Waals surface area (Å²) in [5.41, 5.74) is 0.947. The molecule has 0 bridgehead atoms. The third-order valence-corrected chi connectivity index (χ3v) is 4.40. The van der Waals surface area contributed by atoms with E-state index in [1.165, 1.54) is 0 Å². The van der Waals surface area contributed by atoms with Crippen molar-refractivity contribution in [2.24, 2.45) is 0 Å². The molecule has 0 amide bonds. The molecule has 26 heavy (non-hydrogen) atoms. The van der Waals surface area contributed by atoms with Gasteiger partial charge in [-0.2, -0.15) is 4.98 Å². The minimum atomic E-state index is -0.155. The van der Waals surface area contributed by atoms with E-state index in [1.807, 2.05) is 24.3 Å². The molecule has 0 N–H and O–H groups in total. The fraction of sp³-hybridized carbons (Fsp3) is 0.474. The summed E-state index contributed by atoms with van der Waals surface area (Å²) < 4.78 is 21.7. The molecule has 0 spiro atoms. The highest BCUT2D eigenvalue weighted by Crippen LogP contribution is 2.28. The number of methoxy groups -OCH3 is 2. The van der Waals surface area contributed by atoms with Crippen molar-refractivity contribution in [1.29, 1.82) is 0 Å². The predicted octanol–water partition coefficient (Wildman–Crippen LogP) is 3.04. The smallest absolute Gasteiger partial charge is 0.250 e. The molecule has 0 aliphatic carbocycles. The Morgan fingerprint density at radius 1 is 1.19 bits per heavy atom. The quantitative estimate of drug-likeness (QED) is 0.785. The van der Waals surface area contributed by atoms with Crippen LogP contribution in [-0.2, 0) is 4.74 Å². The molecule has 1 atom stereocenters. The van der Waals surface area contributed by atoms with E-state index in [2.05, 4.69) is 28.9 Å². The zero-order valence-corrected chi connectivity index (χ0v) is 15.6. The van der Waals surface area contributed by atoms with Gasteiger partial charge in [-0.15, -0.1) is 0 Å². The Balaban J connectivity index is 1.69. The molecule has 3 rings (SSSR count). The Morgan fingerprint density at radius 2 is 2.00 bits per heavy atom. The van der Waals surface area contributed by atoms with Crippen molar-refractivity contribution in [3.8, 4) is 11.5 Å². The van der Waals surface area contributed by atoms with E-state index >= 15 is 0 Å². The molecule has 2 aromatic rings. The van der Waals surface area contributed by atoms with Crippen LogP contribution in [0.25, 0.3) is 12.2 Å². The van der Waals surface area contributed by atoms with Crippen LogP contribution in [0.5, 0.6) is 11.5 Å². The van der Waals surface area contributed by atoms with Crippen LogP contribution < -0.4 is 9.47 Å². The van der Waals surface area contributed by atoms with E-state index in [0.717, 1.165) is 18.7 Å². The number of morpholine rings is 1. The maximum Gasteiger partial charge on any atom is 0.250 e. The van der Waals surface area contributed by atoms with Crippen LogP contribution in [0, 0.1) is 0 Å². The van der Waals surface area contributed by atoms with Crippen LogP contribution in [0.2, 0.25) is 0 Å².